The number of primary amides is 1. The molecular formula is C31H33F3N4O5. The van der Waals surface area contributed by atoms with E-state index < -0.39 is 47.5 Å². The number of rotatable bonds is 13. The minimum absolute atomic E-state index is 0.0205. The molecule has 2 aromatic carbocycles. The predicted molar refractivity (Wildman–Crippen MR) is 153 cm³/mol. The summed E-state index contributed by atoms with van der Waals surface area (Å²) in [5, 5.41) is 2.76. The third-order valence-electron chi connectivity index (χ3n) is 6.58. The second-order valence-electron chi connectivity index (χ2n) is 9.68. The Hall–Kier alpha value is -4.87. The molecule has 0 aliphatic carbocycles. The number of ether oxygens (including phenoxy) is 1. The lowest BCUT2D eigenvalue weighted by molar-refractivity contribution is -0.138. The Balaban J connectivity index is 1.89. The maximum Gasteiger partial charge on any atom is 0.417 e. The van der Waals surface area contributed by atoms with Crippen LogP contribution in [0.25, 0.3) is 11.3 Å². The van der Waals surface area contributed by atoms with Gasteiger partial charge in [0.1, 0.15) is 11.7 Å². The molecule has 43 heavy (non-hydrogen) atoms. The van der Waals surface area contributed by atoms with Crippen LogP contribution in [0.15, 0.2) is 78.9 Å². The molecule has 3 amide bonds. The summed E-state index contributed by atoms with van der Waals surface area (Å²) in [6.45, 7) is 1.79. The quantitative estimate of drug-likeness (QED) is 0.200. The first-order chi connectivity index (χ1) is 20.4. The molecule has 3 aromatic rings. The van der Waals surface area contributed by atoms with Gasteiger partial charge in [-0.25, -0.2) is 4.79 Å². The highest BCUT2D eigenvalue weighted by Gasteiger charge is 2.34. The van der Waals surface area contributed by atoms with Gasteiger partial charge < -0.3 is 25.7 Å². The van der Waals surface area contributed by atoms with Gasteiger partial charge in [-0.3, -0.25) is 14.4 Å². The first kappa shape index (κ1) is 32.6. The molecule has 0 unspecified atom stereocenters. The lowest BCUT2D eigenvalue weighted by Crippen LogP contribution is -2.51. The number of nitrogens with two attached hydrogens (primary N) is 1. The summed E-state index contributed by atoms with van der Waals surface area (Å²) in [6, 6.07) is 14.8. The van der Waals surface area contributed by atoms with Crippen LogP contribution in [0.2, 0.25) is 0 Å². The number of nitrogens with one attached hydrogen (secondary N) is 2. The summed E-state index contributed by atoms with van der Waals surface area (Å²) in [5.74, 6) is -2.46. The fourth-order valence-corrected chi connectivity index (χ4v) is 4.39. The van der Waals surface area contributed by atoms with E-state index in [1.807, 2.05) is 0 Å². The molecule has 4 N–H and O–H groups in total. The van der Waals surface area contributed by atoms with Gasteiger partial charge in [-0.1, -0.05) is 54.6 Å². The number of aromatic nitrogens is 1. The van der Waals surface area contributed by atoms with Crippen molar-refractivity contribution in [2.75, 3.05) is 13.7 Å². The molecule has 0 aliphatic heterocycles. The van der Waals surface area contributed by atoms with E-state index in [9.17, 15) is 32.3 Å². The molecule has 3 rings (SSSR count). The van der Waals surface area contributed by atoms with Gasteiger partial charge in [0.15, 0.2) is 0 Å². The molecule has 0 aliphatic rings. The molecule has 0 saturated heterocycles. The van der Waals surface area contributed by atoms with Gasteiger partial charge in [0, 0.05) is 43.3 Å². The lowest BCUT2D eigenvalue weighted by Gasteiger charge is -2.29. The first-order valence-electron chi connectivity index (χ1n) is 13.5. The van der Waals surface area contributed by atoms with Gasteiger partial charge >= 0.3 is 12.1 Å². The number of aromatic amines is 1. The molecule has 12 heteroatoms. The highest BCUT2D eigenvalue weighted by molar-refractivity contribution is 5.97. The maximum atomic E-state index is 13.6. The minimum Gasteiger partial charge on any atom is -0.463 e. The third kappa shape index (κ3) is 9.32. The number of likely N-dealkylation sites (N-methyl/N-ethyl adjacent to an activating group) is 1. The number of nitrogens with zero attached hydrogens (tertiary/aromatic N) is 1. The monoisotopic (exact) mass is 598 g/mol. The predicted octanol–water partition coefficient (Wildman–Crippen LogP) is 4.25. The van der Waals surface area contributed by atoms with Crippen molar-refractivity contribution in [1.82, 2.24) is 15.2 Å². The highest BCUT2D eigenvalue weighted by Crippen LogP contribution is 2.36. The Bertz CT molecular complexity index is 1450. The van der Waals surface area contributed by atoms with Crippen LogP contribution in [0.1, 0.15) is 41.4 Å². The van der Waals surface area contributed by atoms with Crippen LogP contribution in [0.3, 0.4) is 0 Å². The van der Waals surface area contributed by atoms with E-state index in [1.54, 1.807) is 37.3 Å². The smallest absolute Gasteiger partial charge is 0.417 e. The van der Waals surface area contributed by atoms with Crippen molar-refractivity contribution in [2.45, 2.75) is 44.4 Å². The topological polar surface area (TPSA) is 135 Å². The third-order valence-corrected chi connectivity index (χ3v) is 6.58. The Labute approximate surface area is 246 Å². The molecular weight excluding hydrogens is 565 g/mol. The summed E-state index contributed by atoms with van der Waals surface area (Å²) in [4.78, 5) is 54.4. The van der Waals surface area contributed by atoms with Crippen molar-refractivity contribution in [3.8, 4) is 11.3 Å². The van der Waals surface area contributed by atoms with Gasteiger partial charge in [-0.2, -0.15) is 13.2 Å². The second-order valence-corrected chi connectivity index (χ2v) is 9.68. The summed E-state index contributed by atoms with van der Waals surface area (Å²) in [5.41, 5.74) is 5.11. The van der Waals surface area contributed by atoms with Gasteiger partial charge in [-0.15, -0.1) is 0 Å². The number of carbonyl (C=O) groups is 4. The van der Waals surface area contributed by atoms with Gasteiger partial charge in [0.05, 0.1) is 12.2 Å². The van der Waals surface area contributed by atoms with E-state index >= 15 is 0 Å². The zero-order valence-corrected chi connectivity index (χ0v) is 23.7. The fraction of sp³-hybridized carbons (Fsp3) is 0.290. The number of H-pyrrole nitrogens is 1. The van der Waals surface area contributed by atoms with Gasteiger partial charge in [0.2, 0.25) is 11.8 Å². The van der Waals surface area contributed by atoms with Crippen LogP contribution in [-0.4, -0.2) is 59.3 Å². The molecule has 0 saturated carbocycles. The van der Waals surface area contributed by atoms with Crippen molar-refractivity contribution in [1.29, 1.82) is 0 Å². The number of esters is 1. The molecule has 0 fully saturated rings. The Kier molecular flexibility index (Phi) is 11.3. The Morgan fingerprint density at radius 3 is 2.35 bits per heavy atom. The van der Waals surface area contributed by atoms with Gasteiger partial charge in [-0.05, 0) is 37.1 Å². The SMILES string of the molecule is CCOC(=O)C=C[C@H](CCC(N)=O)NC(=O)[C@H](Cc1ccccc1)N(C)C(=O)c1ccc(-c2ccccc2C(F)(F)F)[nH]1. The molecule has 228 valence electrons. The normalized spacial score (nSPS) is 12.9. The number of alkyl halides is 3. The first-order valence-corrected chi connectivity index (χ1v) is 13.5. The van der Waals surface area contributed by atoms with Crippen molar-refractivity contribution in [3.63, 3.8) is 0 Å². The van der Waals surface area contributed by atoms with E-state index in [4.69, 9.17) is 10.5 Å². The number of hydrogen-bond acceptors (Lipinski definition) is 5. The number of amides is 3. The van der Waals surface area contributed by atoms with E-state index in [1.165, 1.54) is 48.4 Å². The van der Waals surface area contributed by atoms with Crippen molar-refractivity contribution >= 4 is 23.7 Å². The average Bonchev–Trinajstić information content (AvgIpc) is 3.47. The van der Waals surface area contributed by atoms with Crippen LogP contribution in [0, 0.1) is 0 Å². The van der Waals surface area contributed by atoms with Crippen molar-refractivity contribution < 1.29 is 37.1 Å². The maximum absolute atomic E-state index is 13.6. The number of benzene rings is 2. The summed E-state index contributed by atoms with van der Waals surface area (Å²) < 4.78 is 45.6. The lowest BCUT2D eigenvalue weighted by atomic mass is 10.0. The minimum atomic E-state index is -4.60. The Morgan fingerprint density at radius 1 is 1.02 bits per heavy atom. The molecule has 1 heterocycles. The zero-order chi connectivity index (χ0) is 31.6. The van der Waals surface area contributed by atoms with E-state index in [-0.39, 0.29) is 42.8 Å². The Morgan fingerprint density at radius 2 is 1.70 bits per heavy atom. The fourth-order valence-electron chi connectivity index (χ4n) is 4.39. The number of halogens is 3. The van der Waals surface area contributed by atoms with E-state index in [0.29, 0.717) is 0 Å². The average molecular weight is 599 g/mol. The van der Waals surface area contributed by atoms with E-state index in [2.05, 4.69) is 10.3 Å². The van der Waals surface area contributed by atoms with Crippen LogP contribution in [-0.2, 0) is 31.7 Å². The van der Waals surface area contributed by atoms with Crippen LogP contribution in [0.5, 0.6) is 0 Å². The molecule has 0 spiro atoms. The largest absolute Gasteiger partial charge is 0.463 e. The van der Waals surface area contributed by atoms with Crippen LogP contribution < -0.4 is 11.1 Å². The van der Waals surface area contributed by atoms with Crippen molar-refractivity contribution in [2.24, 2.45) is 5.73 Å². The highest BCUT2D eigenvalue weighted by atomic mass is 19.4. The summed E-state index contributed by atoms with van der Waals surface area (Å²) >= 11 is 0. The zero-order valence-electron chi connectivity index (χ0n) is 23.7. The van der Waals surface area contributed by atoms with E-state index in [0.717, 1.165) is 17.7 Å². The number of hydrogen-bond donors (Lipinski definition) is 3. The summed E-state index contributed by atoms with van der Waals surface area (Å²) in [7, 11) is 1.41. The molecule has 0 bridgehead atoms. The molecule has 2 atom stereocenters. The second kappa shape index (κ2) is 14.9. The summed E-state index contributed by atoms with van der Waals surface area (Å²) in [6.07, 6.45) is -1.98. The molecule has 0 radical (unpaired) electrons. The van der Waals surface area contributed by atoms with Crippen LogP contribution >= 0.6 is 0 Å². The number of carbonyl (C=O) groups excluding carboxylic acids is 4. The standard InChI is InChI=1S/C31H33F3N4O5/c1-3-43-28(40)18-14-21(13-17-27(35)39)36-29(41)26(19-20-9-5-4-6-10-20)38(2)30(42)25-16-15-24(37-25)22-11-7-8-12-23(22)31(32,33)34/h4-12,14-16,18,21,26,37H,3,13,17,19H2,1-2H3,(H2,35,39)(H,36,41)/t21-,26-/m0/s1. The molecule has 9 nitrogen and oxygen atoms in total. The molecule has 1 aromatic heterocycles. The van der Waals surface area contributed by atoms with Gasteiger partial charge in [0.25, 0.3) is 5.91 Å². The van der Waals surface area contributed by atoms with Crippen molar-refractivity contribution in [3.05, 3.63) is 95.7 Å². The van der Waals surface area contributed by atoms with Crippen LogP contribution in [0.4, 0.5) is 13.2 Å².